The number of imidazole rings is 1. The van der Waals surface area contributed by atoms with Crippen LogP contribution in [0.2, 0.25) is 0 Å². The summed E-state index contributed by atoms with van der Waals surface area (Å²) in [5.41, 5.74) is 1.20. The van der Waals surface area contributed by atoms with Gasteiger partial charge in [-0.3, -0.25) is 4.79 Å². The molecule has 128 valence electrons. The van der Waals surface area contributed by atoms with Crippen LogP contribution in [-0.2, 0) is 9.53 Å². The number of aromatic nitrogens is 4. The molecule has 0 spiro atoms. The minimum Gasteiger partial charge on any atom is -0.497 e. The molecule has 0 radical (unpaired) electrons. The molecule has 2 heterocycles. The van der Waals surface area contributed by atoms with E-state index in [1.807, 2.05) is 0 Å². The number of nitrogens with zero attached hydrogens (tertiary/aromatic N) is 3. The summed E-state index contributed by atoms with van der Waals surface area (Å²) < 4.78 is 10.2. The third-order valence-corrected chi connectivity index (χ3v) is 3.42. The standard InChI is InChI=1S/C16H15N5O4/c1-9(25-16(23)10-4-3-5-11(6-10)24-2)15(22)21-14-12-13(18-7-17-12)19-8-20-14/h3-9H,1-2H3,(H2,17,18,19,20,21,22)/t9-/m1/s1. The molecule has 0 bridgehead atoms. The molecular formula is C16H15N5O4. The SMILES string of the molecule is COc1cccc(C(=O)O[C@H](C)C(=O)Nc2ncnc3nc[nH]c23)c1. The summed E-state index contributed by atoms with van der Waals surface area (Å²) in [7, 11) is 1.50. The van der Waals surface area contributed by atoms with Gasteiger partial charge in [0, 0.05) is 0 Å². The molecule has 0 saturated carbocycles. The van der Waals surface area contributed by atoms with Crippen LogP contribution in [0.3, 0.4) is 0 Å². The van der Waals surface area contributed by atoms with Crippen LogP contribution in [0.25, 0.3) is 11.2 Å². The molecule has 3 rings (SSSR count). The van der Waals surface area contributed by atoms with E-state index >= 15 is 0 Å². The number of H-pyrrole nitrogens is 1. The van der Waals surface area contributed by atoms with Gasteiger partial charge in [-0.05, 0) is 25.1 Å². The molecule has 0 aliphatic carbocycles. The number of methoxy groups -OCH3 is 1. The number of hydrogen-bond acceptors (Lipinski definition) is 7. The van der Waals surface area contributed by atoms with Crippen molar-refractivity contribution in [3.8, 4) is 5.75 Å². The molecule has 9 nitrogen and oxygen atoms in total. The second kappa shape index (κ2) is 6.95. The van der Waals surface area contributed by atoms with Gasteiger partial charge in [0.2, 0.25) is 0 Å². The quantitative estimate of drug-likeness (QED) is 0.676. The van der Waals surface area contributed by atoms with Crippen LogP contribution < -0.4 is 10.1 Å². The van der Waals surface area contributed by atoms with Crippen LogP contribution in [-0.4, -0.2) is 45.0 Å². The van der Waals surface area contributed by atoms with E-state index in [4.69, 9.17) is 9.47 Å². The number of rotatable bonds is 5. The molecule has 0 fully saturated rings. The zero-order chi connectivity index (χ0) is 17.8. The summed E-state index contributed by atoms with van der Waals surface area (Å²) in [6.45, 7) is 1.47. The largest absolute Gasteiger partial charge is 0.497 e. The van der Waals surface area contributed by atoms with Gasteiger partial charge < -0.3 is 19.8 Å². The lowest BCUT2D eigenvalue weighted by molar-refractivity contribution is -0.123. The lowest BCUT2D eigenvalue weighted by Gasteiger charge is -2.13. The van der Waals surface area contributed by atoms with E-state index in [0.29, 0.717) is 16.9 Å². The minimum atomic E-state index is -1.02. The number of nitrogens with one attached hydrogen (secondary N) is 2. The Labute approximate surface area is 142 Å². The van der Waals surface area contributed by atoms with Gasteiger partial charge in [0.15, 0.2) is 17.6 Å². The van der Waals surface area contributed by atoms with Crippen LogP contribution >= 0.6 is 0 Å². The highest BCUT2D eigenvalue weighted by molar-refractivity contribution is 6.00. The Hall–Kier alpha value is -3.49. The fourth-order valence-corrected chi connectivity index (χ4v) is 2.11. The molecular weight excluding hydrogens is 326 g/mol. The lowest BCUT2D eigenvalue weighted by atomic mass is 10.2. The zero-order valence-corrected chi connectivity index (χ0v) is 13.5. The first-order chi connectivity index (χ1) is 12.1. The van der Waals surface area contributed by atoms with Gasteiger partial charge in [-0.1, -0.05) is 6.07 Å². The third-order valence-electron chi connectivity index (χ3n) is 3.42. The van der Waals surface area contributed by atoms with Crippen molar-refractivity contribution in [1.29, 1.82) is 0 Å². The maximum absolute atomic E-state index is 12.3. The van der Waals surface area contributed by atoms with Crippen LogP contribution in [0.1, 0.15) is 17.3 Å². The highest BCUT2D eigenvalue weighted by atomic mass is 16.5. The second-order valence-corrected chi connectivity index (χ2v) is 5.09. The predicted octanol–water partition coefficient (Wildman–Crippen LogP) is 1.55. The van der Waals surface area contributed by atoms with Crippen molar-refractivity contribution < 1.29 is 19.1 Å². The number of fused-ring (bicyclic) bond motifs is 1. The van der Waals surface area contributed by atoms with Crippen LogP contribution in [0, 0.1) is 0 Å². The van der Waals surface area contributed by atoms with Crippen molar-refractivity contribution in [1.82, 2.24) is 19.9 Å². The van der Waals surface area contributed by atoms with Gasteiger partial charge in [0.05, 0.1) is 19.0 Å². The average Bonchev–Trinajstić information content (AvgIpc) is 3.11. The number of esters is 1. The first-order valence-corrected chi connectivity index (χ1v) is 7.38. The Morgan fingerprint density at radius 3 is 2.88 bits per heavy atom. The van der Waals surface area contributed by atoms with Crippen molar-refractivity contribution in [2.75, 3.05) is 12.4 Å². The topological polar surface area (TPSA) is 119 Å². The van der Waals surface area contributed by atoms with E-state index < -0.39 is 18.0 Å². The van der Waals surface area contributed by atoms with Gasteiger partial charge in [0.25, 0.3) is 5.91 Å². The van der Waals surface area contributed by atoms with Gasteiger partial charge in [-0.25, -0.2) is 19.7 Å². The highest BCUT2D eigenvalue weighted by Crippen LogP contribution is 2.16. The number of amides is 1. The van der Waals surface area contributed by atoms with Gasteiger partial charge in [-0.15, -0.1) is 0 Å². The van der Waals surface area contributed by atoms with E-state index in [1.54, 1.807) is 18.2 Å². The Kier molecular flexibility index (Phi) is 4.55. The molecule has 1 atom stereocenters. The number of anilines is 1. The third kappa shape index (κ3) is 3.55. The predicted molar refractivity (Wildman–Crippen MR) is 88.2 cm³/mol. The van der Waals surface area contributed by atoms with Gasteiger partial charge >= 0.3 is 5.97 Å². The number of hydrogen-bond donors (Lipinski definition) is 2. The Balaban J connectivity index is 1.68. The summed E-state index contributed by atoms with van der Waals surface area (Å²) in [6, 6.07) is 6.48. The summed E-state index contributed by atoms with van der Waals surface area (Å²) in [6.07, 6.45) is 1.71. The Bertz CT molecular complexity index is 924. The van der Waals surface area contributed by atoms with Crippen LogP contribution in [0.4, 0.5) is 5.82 Å². The molecule has 0 saturated heterocycles. The van der Waals surface area contributed by atoms with Crippen LogP contribution in [0.5, 0.6) is 5.75 Å². The first kappa shape index (κ1) is 16.4. The van der Waals surface area contributed by atoms with Crippen molar-refractivity contribution in [2.45, 2.75) is 13.0 Å². The average molecular weight is 341 g/mol. The highest BCUT2D eigenvalue weighted by Gasteiger charge is 2.21. The molecule has 0 aliphatic rings. The molecule has 2 aromatic heterocycles. The van der Waals surface area contributed by atoms with E-state index in [9.17, 15) is 9.59 Å². The Morgan fingerprint density at radius 1 is 1.24 bits per heavy atom. The van der Waals surface area contributed by atoms with Gasteiger partial charge in [0.1, 0.15) is 17.6 Å². The zero-order valence-electron chi connectivity index (χ0n) is 13.5. The lowest BCUT2D eigenvalue weighted by Crippen LogP contribution is -2.30. The van der Waals surface area contributed by atoms with E-state index in [2.05, 4.69) is 25.3 Å². The second-order valence-electron chi connectivity index (χ2n) is 5.09. The molecule has 1 aromatic carbocycles. The molecule has 3 aromatic rings. The molecule has 2 N–H and O–H groups in total. The summed E-state index contributed by atoms with van der Waals surface area (Å²) >= 11 is 0. The van der Waals surface area contributed by atoms with Crippen molar-refractivity contribution in [2.24, 2.45) is 0 Å². The summed E-state index contributed by atoms with van der Waals surface area (Å²) in [5, 5.41) is 2.59. The maximum atomic E-state index is 12.3. The van der Waals surface area contributed by atoms with Crippen molar-refractivity contribution >= 4 is 28.9 Å². The van der Waals surface area contributed by atoms with Crippen molar-refractivity contribution in [3.05, 3.63) is 42.5 Å². The number of carbonyl (C=O) groups is 2. The number of carbonyl (C=O) groups excluding carboxylic acids is 2. The number of ether oxygens (including phenoxy) is 2. The van der Waals surface area contributed by atoms with E-state index in [-0.39, 0.29) is 11.4 Å². The Morgan fingerprint density at radius 2 is 2.08 bits per heavy atom. The monoisotopic (exact) mass is 341 g/mol. The molecule has 9 heteroatoms. The summed E-state index contributed by atoms with van der Waals surface area (Å²) in [4.78, 5) is 39.2. The van der Waals surface area contributed by atoms with Gasteiger partial charge in [-0.2, -0.15) is 0 Å². The maximum Gasteiger partial charge on any atom is 0.339 e. The molecule has 25 heavy (non-hydrogen) atoms. The molecule has 0 aliphatic heterocycles. The smallest absolute Gasteiger partial charge is 0.339 e. The number of aromatic amines is 1. The fourth-order valence-electron chi connectivity index (χ4n) is 2.11. The normalized spacial score (nSPS) is 11.8. The van der Waals surface area contributed by atoms with E-state index in [0.717, 1.165) is 0 Å². The fraction of sp³-hybridized carbons (Fsp3) is 0.188. The summed E-state index contributed by atoms with van der Waals surface area (Å²) in [5.74, 6) is -0.368. The molecule has 1 amide bonds. The first-order valence-electron chi connectivity index (χ1n) is 7.38. The van der Waals surface area contributed by atoms with E-state index in [1.165, 1.54) is 32.8 Å². The molecule has 0 unspecified atom stereocenters. The number of benzene rings is 1. The van der Waals surface area contributed by atoms with Crippen molar-refractivity contribution in [3.63, 3.8) is 0 Å². The van der Waals surface area contributed by atoms with Crippen LogP contribution in [0.15, 0.2) is 36.9 Å². The minimum absolute atomic E-state index is 0.261.